The number of carbonyl (C=O) groups is 2. The number of likely N-dealkylation sites (tertiary alicyclic amines) is 1. The standard InChI is InChI=1S/C14H16BrN.C11H11BrO.C10H9BrO.C4H9N/c15-14-5-3-4-11-10-12(6-7-13(11)14)16-8-1-2-9-16;1-7-8-3-2-4-10(12)9(8)5-6-11(7)13;11-10-3-1-2-7-6-8(12)4-5-9(7)10;1-2-4-5-3-1/h3-5,10H,1-2,6-9H2;2-4,7H,5-6H2,1H3;1-3H,4-6H2;5H,1-4H2. The van der Waals surface area contributed by atoms with Gasteiger partial charge in [-0.05, 0) is 122 Å². The van der Waals surface area contributed by atoms with Crippen LogP contribution >= 0.6 is 47.8 Å². The zero-order valence-corrected chi connectivity index (χ0v) is 31.6. The van der Waals surface area contributed by atoms with Crippen molar-refractivity contribution in [2.75, 3.05) is 26.2 Å². The Balaban J connectivity index is 0.000000127. The van der Waals surface area contributed by atoms with Gasteiger partial charge in [-0.25, -0.2) is 0 Å². The molecule has 3 aromatic rings. The van der Waals surface area contributed by atoms with Crippen LogP contribution in [0.4, 0.5) is 0 Å². The summed E-state index contributed by atoms with van der Waals surface area (Å²) in [4.78, 5) is 25.1. The molecule has 2 fully saturated rings. The average molecular weight is 814 g/mol. The van der Waals surface area contributed by atoms with Gasteiger partial charge in [0.05, 0.1) is 0 Å². The van der Waals surface area contributed by atoms with Crippen molar-refractivity contribution in [3.8, 4) is 0 Å². The molecule has 5 aliphatic rings. The lowest BCUT2D eigenvalue weighted by Crippen LogP contribution is -2.20. The smallest absolute Gasteiger partial charge is 0.140 e. The average Bonchev–Trinajstić information content (AvgIpc) is 3.82. The Morgan fingerprint density at radius 2 is 1.28 bits per heavy atom. The third-order valence-corrected chi connectivity index (χ3v) is 11.8. The highest BCUT2D eigenvalue weighted by atomic mass is 79.9. The molecule has 0 saturated carbocycles. The second kappa shape index (κ2) is 17.4. The van der Waals surface area contributed by atoms with Gasteiger partial charge < -0.3 is 10.2 Å². The Labute approximate surface area is 300 Å². The number of carbonyl (C=O) groups excluding carboxylic acids is 2. The van der Waals surface area contributed by atoms with Crippen LogP contribution in [0.15, 0.2) is 73.7 Å². The first-order valence-electron chi connectivity index (χ1n) is 16.8. The maximum absolute atomic E-state index is 11.5. The van der Waals surface area contributed by atoms with E-state index in [4.69, 9.17) is 0 Å². The van der Waals surface area contributed by atoms with Crippen LogP contribution in [0.25, 0.3) is 6.08 Å². The van der Waals surface area contributed by atoms with Gasteiger partial charge in [0.2, 0.25) is 0 Å². The molecule has 2 heterocycles. The Hall–Kier alpha value is -2.06. The van der Waals surface area contributed by atoms with Crippen LogP contribution in [0.5, 0.6) is 0 Å². The number of benzene rings is 3. The Morgan fingerprint density at radius 3 is 1.98 bits per heavy atom. The normalized spacial score (nSPS) is 19.6. The number of allylic oxidation sites excluding steroid dienone is 1. The molecular formula is C39H45Br3N2O2. The highest BCUT2D eigenvalue weighted by molar-refractivity contribution is 9.11. The maximum Gasteiger partial charge on any atom is 0.140 e. The SMILES string of the molecule is Brc1cccc2c1CCC(N1CCCC1)=C2.C1CCNC1.CC1C(=O)CCc2c(Br)cccc21.O=C1CCc2c(Br)cccc2C1. The summed E-state index contributed by atoms with van der Waals surface area (Å²) in [7, 11) is 0. The number of hydrogen-bond acceptors (Lipinski definition) is 4. The van der Waals surface area contributed by atoms with Gasteiger partial charge in [-0.15, -0.1) is 0 Å². The van der Waals surface area contributed by atoms with Gasteiger partial charge in [-0.2, -0.15) is 0 Å². The maximum atomic E-state index is 11.5. The molecule has 1 N–H and O–H groups in total. The Bertz CT molecular complexity index is 1550. The zero-order chi connectivity index (χ0) is 32.5. The summed E-state index contributed by atoms with van der Waals surface area (Å²) in [5.74, 6) is 0.812. The molecule has 0 amide bonds. The topological polar surface area (TPSA) is 49.4 Å². The first-order chi connectivity index (χ1) is 22.3. The summed E-state index contributed by atoms with van der Waals surface area (Å²) < 4.78 is 3.55. The first kappa shape index (κ1) is 35.3. The van der Waals surface area contributed by atoms with Crippen LogP contribution in [-0.2, 0) is 35.3 Å². The molecule has 3 aliphatic carbocycles. The summed E-state index contributed by atoms with van der Waals surface area (Å²) in [5, 5.41) is 3.22. The molecule has 4 nitrogen and oxygen atoms in total. The van der Waals surface area contributed by atoms with E-state index in [-0.39, 0.29) is 5.92 Å². The van der Waals surface area contributed by atoms with Gasteiger partial charge in [0.15, 0.2) is 0 Å². The lowest BCUT2D eigenvalue weighted by atomic mass is 9.83. The van der Waals surface area contributed by atoms with Crippen molar-refractivity contribution < 1.29 is 9.59 Å². The minimum atomic E-state index is 0.0845. The van der Waals surface area contributed by atoms with Crippen molar-refractivity contribution in [1.29, 1.82) is 0 Å². The fourth-order valence-corrected chi connectivity index (χ4v) is 8.62. The molecule has 0 aromatic heterocycles. The molecule has 244 valence electrons. The van der Waals surface area contributed by atoms with E-state index >= 15 is 0 Å². The number of hydrogen-bond donors (Lipinski definition) is 1. The highest BCUT2D eigenvalue weighted by Gasteiger charge is 2.24. The first-order valence-corrected chi connectivity index (χ1v) is 19.2. The minimum Gasteiger partial charge on any atom is -0.375 e. The minimum absolute atomic E-state index is 0.0845. The fourth-order valence-electron chi connectivity index (χ4n) is 6.85. The van der Waals surface area contributed by atoms with Crippen molar-refractivity contribution >= 4 is 65.4 Å². The van der Waals surface area contributed by atoms with Crippen LogP contribution in [0.2, 0.25) is 0 Å². The molecule has 2 saturated heterocycles. The quantitative estimate of drug-likeness (QED) is 0.266. The van der Waals surface area contributed by atoms with E-state index < -0.39 is 0 Å². The molecule has 0 bridgehead atoms. The Morgan fingerprint density at radius 1 is 0.674 bits per heavy atom. The Kier molecular flexibility index (Phi) is 13.3. The van der Waals surface area contributed by atoms with Crippen molar-refractivity contribution in [2.45, 2.75) is 83.5 Å². The van der Waals surface area contributed by atoms with Gasteiger partial charge in [0.1, 0.15) is 11.6 Å². The van der Waals surface area contributed by atoms with Gasteiger partial charge in [-0.3, -0.25) is 9.59 Å². The monoisotopic (exact) mass is 810 g/mol. The number of rotatable bonds is 1. The third-order valence-electron chi connectivity index (χ3n) is 9.56. The summed E-state index contributed by atoms with van der Waals surface area (Å²) in [6, 6.07) is 18.7. The van der Waals surface area contributed by atoms with Gasteiger partial charge in [0.25, 0.3) is 0 Å². The molecule has 0 spiro atoms. The van der Waals surface area contributed by atoms with Crippen LogP contribution in [0, 0.1) is 0 Å². The van der Waals surface area contributed by atoms with Crippen LogP contribution in [0.1, 0.15) is 91.2 Å². The summed E-state index contributed by atoms with van der Waals surface area (Å²) in [5.41, 5.74) is 9.45. The van der Waals surface area contributed by atoms with Crippen molar-refractivity contribution in [2.24, 2.45) is 0 Å². The molecule has 3 aromatic carbocycles. The largest absolute Gasteiger partial charge is 0.375 e. The van der Waals surface area contributed by atoms with Gasteiger partial charge in [0, 0.05) is 57.4 Å². The molecule has 46 heavy (non-hydrogen) atoms. The van der Waals surface area contributed by atoms with E-state index in [2.05, 4.69) is 88.3 Å². The summed E-state index contributed by atoms with van der Waals surface area (Å²) in [6.07, 6.45) is 14.1. The van der Waals surface area contributed by atoms with E-state index in [1.165, 1.54) is 103 Å². The van der Waals surface area contributed by atoms with Crippen molar-refractivity contribution in [3.05, 3.63) is 107 Å². The second-order valence-corrected chi connectivity index (χ2v) is 15.2. The number of nitrogens with one attached hydrogen (secondary N) is 1. The van der Waals surface area contributed by atoms with Crippen molar-refractivity contribution in [1.82, 2.24) is 10.2 Å². The van der Waals surface area contributed by atoms with Crippen molar-refractivity contribution in [3.63, 3.8) is 0 Å². The number of halogens is 3. The number of fused-ring (bicyclic) bond motifs is 3. The van der Waals surface area contributed by atoms with E-state index in [0.717, 1.165) is 21.8 Å². The van der Waals surface area contributed by atoms with E-state index in [9.17, 15) is 9.59 Å². The summed E-state index contributed by atoms with van der Waals surface area (Å²) in [6.45, 7) is 7.01. The van der Waals surface area contributed by atoms with Gasteiger partial charge in [-0.1, -0.05) is 91.1 Å². The van der Waals surface area contributed by atoms with E-state index in [1.807, 2.05) is 37.3 Å². The number of nitrogens with zero attached hydrogens (tertiary/aromatic N) is 1. The number of Topliss-reactive ketones (excluding diaryl/α,β-unsaturated/α-hetero) is 2. The number of ketones is 2. The highest BCUT2D eigenvalue weighted by Crippen LogP contribution is 2.34. The molecule has 1 atom stereocenters. The predicted octanol–water partition coefficient (Wildman–Crippen LogP) is 9.78. The summed E-state index contributed by atoms with van der Waals surface area (Å²) >= 11 is 10.7. The molecule has 2 aliphatic heterocycles. The predicted molar refractivity (Wildman–Crippen MR) is 200 cm³/mol. The fraction of sp³-hybridized carbons (Fsp3) is 0.436. The van der Waals surface area contributed by atoms with E-state index in [1.54, 1.807) is 5.70 Å². The van der Waals surface area contributed by atoms with Crippen LogP contribution in [-0.4, -0.2) is 42.6 Å². The van der Waals surface area contributed by atoms with Gasteiger partial charge >= 0.3 is 0 Å². The van der Waals surface area contributed by atoms with Crippen LogP contribution in [0.3, 0.4) is 0 Å². The molecule has 1 unspecified atom stereocenters. The molecule has 7 heteroatoms. The lowest BCUT2D eigenvalue weighted by molar-refractivity contribution is -0.120. The molecule has 8 rings (SSSR count). The van der Waals surface area contributed by atoms with E-state index in [0.29, 0.717) is 30.8 Å². The second-order valence-electron chi connectivity index (χ2n) is 12.7. The zero-order valence-electron chi connectivity index (χ0n) is 26.9. The third kappa shape index (κ3) is 9.30. The molecular weight excluding hydrogens is 768 g/mol. The molecule has 0 radical (unpaired) electrons. The lowest BCUT2D eigenvalue weighted by Gasteiger charge is -2.26. The van der Waals surface area contributed by atoms with Crippen LogP contribution < -0.4 is 5.32 Å².